The molecule has 2 aliphatic heterocycles. The molecule has 8 heteroatoms. The molecule has 3 heterocycles. The van der Waals surface area contributed by atoms with Crippen LogP contribution in [0.2, 0.25) is 0 Å². The average molecular weight is 412 g/mol. The van der Waals surface area contributed by atoms with Gasteiger partial charge in [-0.1, -0.05) is 32.0 Å². The van der Waals surface area contributed by atoms with Crippen LogP contribution in [0, 0.1) is 0 Å². The van der Waals surface area contributed by atoms with Gasteiger partial charge in [-0.3, -0.25) is 9.80 Å². The number of ether oxygens (including phenoxy) is 1. The summed E-state index contributed by atoms with van der Waals surface area (Å²) in [5.41, 5.74) is 2.04. The number of hydrogen-bond donors (Lipinski definition) is 3. The molecule has 0 saturated carbocycles. The molecule has 0 atom stereocenters. The highest BCUT2D eigenvalue weighted by atomic mass is 16.5. The standard InChI is InChI=1S/C22H28N4O4/c1-22(2)14-26(21(29)23-7-8-25-9-11-30-12-10-25)13-16(20(27)28)19-18(22)15-5-3-4-6-17(15)24-19/h3-6,13,24H,7-12,14H2,1-2H3,(H,23,29)(H,27,28). The smallest absolute Gasteiger partial charge is 0.339 e. The van der Waals surface area contributed by atoms with E-state index in [1.807, 2.05) is 38.1 Å². The minimum Gasteiger partial charge on any atom is -0.478 e. The van der Waals surface area contributed by atoms with Gasteiger partial charge in [0.05, 0.1) is 24.5 Å². The Morgan fingerprint density at radius 3 is 2.70 bits per heavy atom. The second-order valence-corrected chi connectivity index (χ2v) is 8.47. The fraction of sp³-hybridized carbons (Fsp3) is 0.455. The molecule has 1 aromatic heterocycles. The van der Waals surface area contributed by atoms with Crippen LogP contribution in [0.5, 0.6) is 0 Å². The zero-order valence-electron chi connectivity index (χ0n) is 17.4. The lowest BCUT2D eigenvalue weighted by atomic mass is 9.82. The monoisotopic (exact) mass is 412 g/mol. The van der Waals surface area contributed by atoms with Crippen LogP contribution in [0.4, 0.5) is 4.79 Å². The van der Waals surface area contributed by atoms with E-state index in [1.54, 1.807) is 0 Å². The number of carbonyl (C=O) groups excluding carboxylic acids is 1. The van der Waals surface area contributed by atoms with E-state index in [4.69, 9.17) is 4.74 Å². The molecule has 1 aromatic carbocycles. The molecule has 0 unspecified atom stereocenters. The maximum atomic E-state index is 12.9. The number of urea groups is 1. The fourth-order valence-corrected chi connectivity index (χ4v) is 4.36. The van der Waals surface area contributed by atoms with Gasteiger partial charge in [-0.25, -0.2) is 9.59 Å². The summed E-state index contributed by atoms with van der Waals surface area (Å²) in [4.78, 5) is 32.0. The van der Waals surface area contributed by atoms with Crippen molar-refractivity contribution in [2.45, 2.75) is 19.3 Å². The van der Waals surface area contributed by atoms with Crippen molar-refractivity contribution in [2.75, 3.05) is 45.9 Å². The number of carboxylic acids is 1. The van der Waals surface area contributed by atoms with Crippen LogP contribution in [0.3, 0.4) is 0 Å². The third-order valence-corrected chi connectivity index (χ3v) is 5.80. The number of aromatic nitrogens is 1. The number of carboxylic acid groups (broad SMARTS) is 1. The topological polar surface area (TPSA) is 97.9 Å². The Bertz CT molecular complexity index is 988. The average Bonchev–Trinajstić information content (AvgIpc) is 3.06. The van der Waals surface area contributed by atoms with E-state index in [2.05, 4.69) is 15.2 Å². The molecule has 1 fully saturated rings. The van der Waals surface area contributed by atoms with Crippen molar-refractivity contribution in [3.63, 3.8) is 0 Å². The molecule has 0 aliphatic carbocycles. The van der Waals surface area contributed by atoms with Crippen LogP contribution >= 0.6 is 0 Å². The molecule has 160 valence electrons. The Hall–Kier alpha value is -2.84. The first-order valence-corrected chi connectivity index (χ1v) is 10.3. The van der Waals surface area contributed by atoms with Gasteiger partial charge in [-0.2, -0.15) is 0 Å². The van der Waals surface area contributed by atoms with Gasteiger partial charge in [-0.15, -0.1) is 0 Å². The van der Waals surface area contributed by atoms with Crippen LogP contribution in [0.1, 0.15) is 25.1 Å². The number of rotatable bonds is 4. The van der Waals surface area contributed by atoms with Crippen molar-refractivity contribution in [1.82, 2.24) is 20.1 Å². The molecule has 2 aliphatic rings. The second-order valence-electron chi connectivity index (χ2n) is 8.47. The number of fused-ring (bicyclic) bond motifs is 3. The molecule has 1 saturated heterocycles. The zero-order valence-corrected chi connectivity index (χ0v) is 17.4. The van der Waals surface area contributed by atoms with Crippen molar-refractivity contribution < 1.29 is 19.4 Å². The third kappa shape index (κ3) is 3.93. The molecule has 0 bridgehead atoms. The Morgan fingerprint density at radius 1 is 1.23 bits per heavy atom. The van der Waals surface area contributed by atoms with Crippen LogP contribution in [-0.2, 0) is 14.9 Å². The maximum Gasteiger partial charge on any atom is 0.339 e. The van der Waals surface area contributed by atoms with Crippen molar-refractivity contribution in [1.29, 1.82) is 0 Å². The van der Waals surface area contributed by atoms with Crippen molar-refractivity contribution in [2.24, 2.45) is 0 Å². The lowest BCUT2D eigenvalue weighted by molar-refractivity contribution is -0.130. The van der Waals surface area contributed by atoms with Gasteiger partial charge in [-0.05, 0) is 11.6 Å². The zero-order chi connectivity index (χ0) is 21.3. The Balaban J connectivity index is 1.58. The minimum absolute atomic E-state index is 0.0927. The molecule has 0 radical (unpaired) electrons. The second kappa shape index (κ2) is 8.12. The summed E-state index contributed by atoms with van der Waals surface area (Å²) in [6, 6.07) is 7.50. The van der Waals surface area contributed by atoms with E-state index in [9.17, 15) is 14.7 Å². The van der Waals surface area contributed by atoms with E-state index < -0.39 is 11.4 Å². The van der Waals surface area contributed by atoms with E-state index in [0.717, 1.165) is 36.1 Å². The van der Waals surface area contributed by atoms with Gasteiger partial charge in [0.25, 0.3) is 0 Å². The van der Waals surface area contributed by atoms with E-state index in [1.165, 1.54) is 11.1 Å². The van der Waals surface area contributed by atoms with Gasteiger partial charge in [0.2, 0.25) is 0 Å². The summed E-state index contributed by atoms with van der Waals surface area (Å²) in [5, 5.41) is 13.8. The van der Waals surface area contributed by atoms with Crippen molar-refractivity contribution in [3.05, 3.63) is 41.7 Å². The summed E-state index contributed by atoms with van der Waals surface area (Å²) in [5.74, 6) is -1.06. The SMILES string of the molecule is CC1(C)CN(C(=O)NCCN2CCOCC2)C=C(C(=O)O)c2[nH]c3ccccc3c21. The highest BCUT2D eigenvalue weighted by Gasteiger charge is 2.36. The highest BCUT2D eigenvalue weighted by Crippen LogP contribution is 2.39. The van der Waals surface area contributed by atoms with Crippen molar-refractivity contribution in [3.8, 4) is 0 Å². The van der Waals surface area contributed by atoms with Crippen LogP contribution < -0.4 is 5.32 Å². The Kier molecular flexibility index (Phi) is 5.53. The maximum absolute atomic E-state index is 12.9. The number of benzene rings is 1. The largest absolute Gasteiger partial charge is 0.478 e. The first kappa shape index (κ1) is 20.4. The van der Waals surface area contributed by atoms with Gasteiger partial charge >= 0.3 is 12.0 Å². The number of H-pyrrole nitrogens is 1. The number of aromatic amines is 1. The predicted octanol–water partition coefficient (Wildman–Crippen LogP) is 2.23. The van der Waals surface area contributed by atoms with Gasteiger partial charge in [0.1, 0.15) is 0 Å². The summed E-state index contributed by atoms with van der Waals surface area (Å²) in [7, 11) is 0. The predicted molar refractivity (Wildman–Crippen MR) is 114 cm³/mol. The van der Waals surface area contributed by atoms with E-state index in [0.29, 0.717) is 32.0 Å². The fourth-order valence-electron chi connectivity index (χ4n) is 4.36. The van der Waals surface area contributed by atoms with Crippen molar-refractivity contribution >= 4 is 28.5 Å². The van der Waals surface area contributed by atoms with Gasteiger partial charge in [0.15, 0.2) is 0 Å². The summed E-state index contributed by atoms with van der Waals surface area (Å²) >= 11 is 0. The molecule has 2 aromatic rings. The van der Waals surface area contributed by atoms with Crippen LogP contribution in [-0.4, -0.2) is 77.8 Å². The molecule has 30 heavy (non-hydrogen) atoms. The van der Waals surface area contributed by atoms with E-state index in [-0.39, 0.29) is 11.6 Å². The molecule has 2 amide bonds. The molecule has 8 nitrogen and oxygen atoms in total. The molecular formula is C22H28N4O4. The van der Waals surface area contributed by atoms with Gasteiger partial charge < -0.3 is 20.1 Å². The first-order chi connectivity index (χ1) is 14.4. The third-order valence-electron chi connectivity index (χ3n) is 5.80. The molecule has 4 rings (SSSR count). The number of hydrogen-bond acceptors (Lipinski definition) is 4. The number of aliphatic carboxylic acids is 1. The lowest BCUT2D eigenvalue weighted by Crippen LogP contribution is -2.46. The molecule has 0 spiro atoms. The molecular weight excluding hydrogens is 384 g/mol. The Morgan fingerprint density at radius 2 is 1.97 bits per heavy atom. The number of nitrogens with zero attached hydrogens (tertiary/aromatic N) is 2. The number of carbonyl (C=O) groups is 2. The number of nitrogens with one attached hydrogen (secondary N) is 2. The molecule has 3 N–H and O–H groups in total. The Labute approximate surface area is 175 Å². The summed E-state index contributed by atoms with van der Waals surface area (Å²) in [6.07, 6.45) is 1.45. The number of amides is 2. The van der Waals surface area contributed by atoms with Crippen LogP contribution in [0.15, 0.2) is 30.5 Å². The van der Waals surface area contributed by atoms with E-state index >= 15 is 0 Å². The summed E-state index contributed by atoms with van der Waals surface area (Å²) < 4.78 is 5.34. The summed E-state index contributed by atoms with van der Waals surface area (Å²) in [6.45, 7) is 8.84. The highest BCUT2D eigenvalue weighted by molar-refractivity contribution is 6.17. The lowest BCUT2D eigenvalue weighted by Gasteiger charge is -2.30. The quantitative estimate of drug-likeness (QED) is 0.715. The minimum atomic E-state index is -1.06. The van der Waals surface area contributed by atoms with Gasteiger partial charge in [0, 0.05) is 55.2 Å². The van der Waals surface area contributed by atoms with Crippen LogP contribution in [0.25, 0.3) is 16.5 Å². The normalized spacial score (nSPS) is 19.1. The number of morpholine rings is 1. The first-order valence-electron chi connectivity index (χ1n) is 10.3. The number of para-hydroxylation sites is 1.